The first kappa shape index (κ1) is 43.6. The predicted octanol–water partition coefficient (Wildman–Crippen LogP) is 1.37. The van der Waals surface area contributed by atoms with Crippen LogP contribution in [0.3, 0.4) is 0 Å². The Labute approximate surface area is 344 Å². The summed E-state index contributed by atoms with van der Waals surface area (Å²) in [6.07, 6.45) is -9.10. The van der Waals surface area contributed by atoms with Crippen molar-refractivity contribution >= 4 is 23.6 Å². The van der Waals surface area contributed by atoms with Gasteiger partial charge in [0.2, 0.25) is 0 Å². The standard InChI is InChI=1S/C42H48N2O14S/c1-53-27-13-25(15-29(17-27)55-21-23-9-5-3-6-10-23)39(51)43-33-35(47)31(19-45)57-41(37(33)49)59-42-38(50)34(36(48)32(20-46)58-42)44-40(52)26-14-28(54-2)18-30(16-26)56-22-24-11-7-4-8-12-24/h3-18,31-38,41-42,45-50H,19-22H2,1-2H3,(H,43,51)(H,44,52)/t31-,32-,33-,34-,35+,36+,37-,38-,41+,42+/m1/s1. The van der Waals surface area contributed by atoms with Crippen molar-refractivity contribution < 1.29 is 68.6 Å². The number of nitrogens with one attached hydrogen (secondary N) is 2. The maximum Gasteiger partial charge on any atom is 0.251 e. The van der Waals surface area contributed by atoms with Gasteiger partial charge in [-0.3, -0.25) is 9.59 Å². The van der Waals surface area contributed by atoms with Crippen molar-refractivity contribution in [1.82, 2.24) is 10.6 Å². The lowest BCUT2D eigenvalue weighted by molar-refractivity contribution is -0.175. The van der Waals surface area contributed by atoms with Gasteiger partial charge in [0.05, 0.1) is 39.5 Å². The number of thioether (sulfide) groups is 1. The van der Waals surface area contributed by atoms with Gasteiger partial charge in [0, 0.05) is 23.3 Å². The number of aliphatic hydroxyl groups is 6. The quantitative estimate of drug-likeness (QED) is 0.0797. The summed E-state index contributed by atoms with van der Waals surface area (Å²) in [6, 6.07) is 25.0. The van der Waals surface area contributed by atoms with Gasteiger partial charge in [0.1, 0.15) is 83.7 Å². The molecule has 4 aromatic rings. The number of amides is 2. The highest BCUT2D eigenvalue weighted by molar-refractivity contribution is 8.00. The van der Waals surface area contributed by atoms with Gasteiger partial charge in [-0.1, -0.05) is 72.4 Å². The third-order valence-electron chi connectivity index (χ3n) is 9.89. The highest BCUT2D eigenvalue weighted by Crippen LogP contribution is 2.37. The Balaban J connectivity index is 1.16. The average molecular weight is 837 g/mol. The smallest absolute Gasteiger partial charge is 0.251 e. The maximum atomic E-state index is 13.7. The van der Waals surface area contributed by atoms with Gasteiger partial charge in [-0.2, -0.15) is 0 Å². The summed E-state index contributed by atoms with van der Waals surface area (Å²) in [4.78, 5) is 27.3. The van der Waals surface area contributed by atoms with Crippen LogP contribution >= 0.6 is 11.8 Å². The normalized spacial score (nSPS) is 26.6. The molecule has 2 saturated heterocycles. The van der Waals surface area contributed by atoms with E-state index in [-0.39, 0.29) is 24.3 Å². The maximum absolute atomic E-state index is 13.7. The molecule has 10 atom stereocenters. The van der Waals surface area contributed by atoms with Crippen molar-refractivity contribution in [1.29, 1.82) is 0 Å². The minimum Gasteiger partial charge on any atom is -0.497 e. The molecule has 0 bridgehead atoms. The highest BCUT2D eigenvalue weighted by atomic mass is 32.2. The number of carbonyl (C=O) groups is 2. The highest BCUT2D eigenvalue weighted by Gasteiger charge is 2.51. The zero-order valence-electron chi connectivity index (χ0n) is 32.2. The lowest BCUT2D eigenvalue weighted by Crippen LogP contribution is -2.66. The molecule has 0 aromatic heterocycles. The van der Waals surface area contributed by atoms with Gasteiger partial charge in [-0.25, -0.2) is 0 Å². The van der Waals surface area contributed by atoms with E-state index >= 15 is 0 Å². The van der Waals surface area contributed by atoms with Crippen LogP contribution in [0.15, 0.2) is 97.1 Å². The molecule has 59 heavy (non-hydrogen) atoms. The Hall–Kier alpha value is -4.95. The summed E-state index contributed by atoms with van der Waals surface area (Å²) in [5.41, 5.74) is -0.764. The first-order valence-corrected chi connectivity index (χ1v) is 19.7. The van der Waals surface area contributed by atoms with Crippen LogP contribution < -0.4 is 29.6 Å². The number of methoxy groups -OCH3 is 2. The van der Waals surface area contributed by atoms with Gasteiger partial charge in [0.15, 0.2) is 0 Å². The Bertz CT molecular complexity index is 1850. The van der Waals surface area contributed by atoms with E-state index in [1.165, 1.54) is 38.5 Å². The summed E-state index contributed by atoms with van der Waals surface area (Å²) < 4.78 is 34.2. The van der Waals surface area contributed by atoms with Crippen molar-refractivity contribution in [2.24, 2.45) is 0 Å². The molecule has 16 nitrogen and oxygen atoms in total. The molecule has 2 aliphatic rings. The number of rotatable bonds is 16. The van der Waals surface area contributed by atoms with Crippen LogP contribution in [-0.2, 0) is 22.7 Å². The Morgan fingerprint density at radius 1 is 0.576 bits per heavy atom. The van der Waals surface area contributed by atoms with Gasteiger partial charge in [-0.15, -0.1) is 0 Å². The van der Waals surface area contributed by atoms with Crippen molar-refractivity contribution in [3.63, 3.8) is 0 Å². The zero-order valence-corrected chi connectivity index (χ0v) is 33.0. The van der Waals surface area contributed by atoms with Crippen molar-refractivity contribution in [2.45, 2.75) is 72.8 Å². The third kappa shape index (κ3) is 10.8. The van der Waals surface area contributed by atoms with Crippen LogP contribution in [-0.4, -0.2) is 129 Å². The first-order valence-electron chi connectivity index (χ1n) is 18.8. The molecule has 8 N–H and O–H groups in total. The molecule has 6 rings (SSSR count). The minimum absolute atomic E-state index is 0.0818. The summed E-state index contributed by atoms with van der Waals surface area (Å²) in [5.74, 6) is -0.173. The SMILES string of the molecule is COc1cc(OCc2ccccc2)cc(C(=O)N[C@@H]2[C@@H](O)[C@@H](CO)O[C@@H](S[C@@H]3O[C@H](CO)[C@H](O)[C@@H](NC(=O)c4cc(OC)cc(OCc5ccccc5)c4)[C@H]3O)[C@@H]2O)c1. The van der Waals surface area contributed by atoms with Crippen LogP contribution in [0.4, 0.5) is 0 Å². The molecule has 316 valence electrons. The van der Waals surface area contributed by atoms with E-state index in [1.807, 2.05) is 60.7 Å². The van der Waals surface area contributed by atoms with E-state index in [0.29, 0.717) is 34.8 Å². The zero-order chi connectivity index (χ0) is 42.1. The second kappa shape index (κ2) is 20.3. The number of aliphatic hydroxyl groups excluding tert-OH is 6. The summed E-state index contributed by atoms with van der Waals surface area (Å²) >= 11 is 0.708. The van der Waals surface area contributed by atoms with Crippen molar-refractivity contribution in [3.05, 3.63) is 119 Å². The molecule has 2 amide bonds. The molecule has 2 heterocycles. The van der Waals surface area contributed by atoms with E-state index < -0.39 is 84.6 Å². The Kier molecular flexibility index (Phi) is 15.0. The molecule has 0 spiro atoms. The second-order valence-electron chi connectivity index (χ2n) is 13.9. The lowest BCUT2D eigenvalue weighted by Gasteiger charge is -2.46. The predicted molar refractivity (Wildman–Crippen MR) is 213 cm³/mol. The van der Waals surface area contributed by atoms with E-state index in [9.17, 15) is 40.2 Å². The average Bonchev–Trinajstić information content (AvgIpc) is 3.27. The molecule has 17 heteroatoms. The second-order valence-corrected chi connectivity index (χ2v) is 15.1. The fourth-order valence-corrected chi connectivity index (χ4v) is 7.97. The fraction of sp³-hybridized carbons (Fsp3) is 0.381. The van der Waals surface area contributed by atoms with Gasteiger partial charge in [-0.05, 0) is 35.4 Å². The monoisotopic (exact) mass is 836 g/mol. The largest absolute Gasteiger partial charge is 0.497 e. The fourth-order valence-electron chi connectivity index (χ4n) is 6.63. The van der Waals surface area contributed by atoms with Gasteiger partial charge >= 0.3 is 0 Å². The number of benzene rings is 4. The summed E-state index contributed by atoms with van der Waals surface area (Å²) in [6.45, 7) is -1.00. The van der Waals surface area contributed by atoms with E-state index in [2.05, 4.69) is 10.6 Å². The van der Waals surface area contributed by atoms with Crippen LogP contribution in [0, 0.1) is 0 Å². The molecule has 2 aliphatic heterocycles. The molecule has 0 unspecified atom stereocenters. The number of hydrogen-bond donors (Lipinski definition) is 8. The molecule has 2 fully saturated rings. The molecular formula is C42H48N2O14S. The number of hydrogen-bond acceptors (Lipinski definition) is 15. The van der Waals surface area contributed by atoms with Crippen LogP contribution in [0.25, 0.3) is 0 Å². The Morgan fingerprint density at radius 3 is 1.31 bits per heavy atom. The summed E-state index contributed by atoms with van der Waals surface area (Å²) in [7, 11) is 2.85. The minimum atomic E-state index is -1.66. The van der Waals surface area contributed by atoms with Gasteiger partial charge in [0.25, 0.3) is 11.8 Å². The molecule has 0 radical (unpaired) electrons. The van der Waals surface area contributed by atoms with E-state index in [1.54, 1.807) is 12.1 Å². The van der Waals surface area contributed by atoms with E-state index in [4.69, 9.17) is 28.4 Å². The molecule has 0 aliphatic carbocycles. The molecule has 0 saturated carbocycles. The van der Waals surface area contributed by atoms with Crippen molar-refractivity contribution in [3.8, 4) is 23.0 Å². The third-order valence-corrected chi connectivity index (χ3v) is 11.2. The first-order chi connectivity index (χ1) is 28.5. The molecular weight excluding hydrogens is 789 g/mol. The number of carbonyl (C=O) groups excluding carboxylic acids is 2. The summed E-state index contributed by atoms with van der Waals surface area (Å²) in [5, 5.41) is 70.8. The van der Waals surface area contributed by atoms with Gasteiger partial charge < -0.3 is 69.7 Å². The van der Waals surface area contributed by atoms with Crippen LogP contribution in [0.5, 0.6) is 23.0 Å². The van der Waals surface area contributed by atoms with Crippen molar-refractivity contribution in [2.75, 3.05) is 27.4 Å². The topological polar surface area (TPSA) is 235 Å². The number of ether oxygens (including phenoxy) is 6. The Morgan fingerprint density at radius 2 is 0.949 bits per heavy atom. The lowest BCUT2D eigenvalue weighted by atomic mass is 9.96. The van der Waals surface area contributed by atoms with Crippen LogP contribution in [0.1, 0.15) is 31.8 Å². The van der Waals surface area contributed by atoms with Crippen LogP contribution in [0.2, 0.25) is 0 Å². The van der Waals surface area contributed by atoms with E-state index in [0.717, 1.165) is 11.1 Å². The molecule has 4 aromatic carbocycles.